The number of hydrogen-bond donors (Lipinski definition) is 3. The molecule has 0 fully saturated rings. The Hall–Kier alpha value is -3.68. The van der Waals surface area contributed by atoms with Gasteiger partial charge in [0.25, 0.3) is 5.91 Å². The number of halogens is 1. The van der Waals surface area contributed by atoms with Gasteiger partial charge in [-0.3, -0.25) is 9.59 Å². The molecule has 7 nitrogen and oxygen atoms in total. The molecule has 210 valence electrons. The molecule has 0 aliphatic rings. The van der Waals surface area contributed by atoms with Gasteiger partial charge in [0.05, 0.1) is 6.04 Å². The third-order valence-electron chi connectivity index (χ3n) is 7.36. The topological polar surface area (TPSA) is 104 Å². The minimum absolute atomic E-state index is 0.147. The molecule has 0 aliphatic heterocycles. The second-order valence-corrected chi connectivity index (χ2v) is 10.5. The number of aliphatic hydroxyl groups excluding tert-OH is 1. The number of carbonyl (C=O) groups excluding carboxylic acids is 2. The van der Waals surface area contributed by atoms with Gasteiger partial charge in [0.1, 0.15) is 11.6 Å². The Morgan fingerprint density at radius 3 is 2.27 bits per heavy atom. The van der Waals surface area contributed by atoms with Crippen LogP contribution in [0.3, 0.4) is 0 Å². The van der Waals surface area contributed by atoms with Crippen LogP contribution in [0.25, 0.3) is 22.2 Å². The maximum atomic E-state index is 13.5. The molecule has 3 N–H and O–H groups in total. The molecular formula is C32H36ClN3O4. The van der Waals surface area contributed by atoms with Crippen LogP contribution in [0.4, 0.5) is 0 Å². The highest BCUT2D eigenvalue weighted by atomic mass is 35.5. The van der Waals surface area contributed by atoms with Gasteiger partial charge in [-0.05, 0) is 66.3 Å². The molecule has 4 aromatic rings. The number of carbonyl (C=O) groups is 2. The summed E-state index contributed by atoms with van der Waals surface area (Å²) in [4.78, 5) is 31.2. The van der Waals surface area contributed by atoms with Crippen molar-refractivity contribution < 1.29 is 19.1 Å². The molecule has 0 saturated carbocycles. The number of benzene rings is 3. The summed E-state index contributed by atoms with van der Waals surface area (Å²) in [6, 6.07) is 20.6. The number of aliphatic hydroxyl groups is 1. The van der Waals surface area contributed by atoms with E-state index in [1.807, 2.05) is 55.5 Å². The van der Waals surface area contributed by atoms with Crippen LogP contribution in [0.15, 0.2) is 77.2 Å². The molecule has 0 radical (unpaired) electrons. The normalized spacial score (nSPS) is 13.7. The maximum Gasteiger partial charge on any atom is 0.251 e. The van der Waals surface area contributed by atoms with Gasteiger partial charge in [-0.1, -0.05) is 81.6 Å². The summed E-state index contributed by atoms with van der Waals surface area (Å²) < 4.78 is 5.74. The minimum Gasteiger partial charge on any atom is -0.438 e. The molecule has 0 saturated heterocycles. The highest BCUT2D eigenvalue weighted by molar-refractivity contribution is 6.30. The number of hydrogen-bond acceptors (Lipinski definition) is 5. The van der Waals surface area contributed by atoms with Gasteiger partial charge in [-0.2, -0.15) is 0 Å². The minimum atomic E-state index is -1.13. The Labute approximate surface area is 240 Å². The van der Waals surface area contributed by atoms with E-state index in [-0.39, 0.29) is 23.6 Å². The quantitative estimate of drug-likeness (QED) is 0.178. The number of rotatable bonds is 12. The molecule has 2 unspecified atom stereocenters. The molecule has 40 heavy (non-hydrogen) atoms. The summed E-state index contributed by atoms with van der Waals surface area (Å²) >= 11 is 6.12. The highest BCUT2D eigenvalue weighted by Gasteiger charge is 2.30. The van der Waals surface area contributed by atoms with Crippen LogP contribution in [0.1, 0.15) is 68.8 Å². The largest absolute Gasteiger partial charge is 0.438 e. The molecule has 1 aromatic heterocycles. The fourth-order valence-corrected chi connectivity index (χ4v) is 4.98. The van der Waals surface area contributed by atoms with Crippen molar-refractivity contribution in [2.24, 2.45) is 5.92 Å². The lowest BCUT2D eigenvalue weighted by Gasteiger charge is -2.27. The van der Waals surface area contributed by atoms with Crippen molar-refractivity contribution in [2.75, 3.05) is 0 Å². The number of nitrogens with one attached hydrogen (secondary N) is 2. The summed E-state index contributed by atoms with van der Waals surface area (Å²) in [5.74, 6) is -0.286. The molecule has 3 aromatic carbocycles. The van der Waals surface area contributed by atoms with Gasteiger partial charge in [0, 0.05) is 10.6 Å². The summed E-state index contributed by atoms with van der Waals surface area (Å²) in [5, 5.41) is 17.5. The average molecular weight is 562 g/mol. The van der Waals surface area contributed by atoms with E-state index in [9.17, 15) is 14.7 Å². The Morgan fingerprint density at radius 2 is 1.62 bits per heavy atom. The number of para-hydroxylation sites is 2. The van der Waals surface area contributed by atoms with Crippen LogP contribution in [0, 0.1) is 5.92 Å². The SMILES string of the molecule is CCC(CC)CC(NC(=O)c1ccc(-c2cccc(Cl)c2)cc1)C(=O)N[C@@H](CC)C(O)c1nc2ccccc2o1. The number of amides is 2. The van der Waals surface area contributed by atoms with E-state index in [1.54, 1.807) is 24.3 Å². The van der Waals surface area contributed by atoms with E-state index < -0.39 is 18.2 Å². The summed E-state index contributed by atoms with van der Waals surface area (Å²) in [5.41, 5.74) is 3.54. The second-order valence-electron chi connectivity index (χ2n) is 10.0. The number of fused-ring (bicyclic) bond motifs is 1. The van der Waals surface area contributed by atoms with Crippen LogP contribution in [0.5, 0.6) is 0 Å². The lowest BCUT2D eigenvalue weighted by atomic mass is 9.93. The van der Waals surface area contributed by atoms with E-state index in [0.717, 1.165) is 24.0 Å². The zero-order valence-electron chi connectivity index (χ0n) is 23.1. The summed E-state index contributed by atoms with van der Waals surface area (Å²) in [6.45, 7) is 6.02. The number of aromatic nitrogens is 1. The van der Waals surface area contributed by atoms with Crippen molar-refractivity contribution >= 4 is 34.5 Å². The maximum absolute atomic E-state index is 13.5. The predicted octanol–water partition coefficient (Wildman–Crippen LogP) is 6.70. The molecular weight excluding hydrogens is 526 g/mol. The smallest absolute Gasteiger partial charge is 0.251 e. The average Bonchev–Trinajstić information content (AvgIpc) is 3.42. The standard InChI is InChI=1S/C32H36ClN3O4/c1-4-20(5-2)18-27(35-30(38)22-16-14-21(15-17-22)23-10-9-11-24(33)19-23)31(39)34-25(6-3)29(37)32-36-26-12-7-8-13-28(26)40-32/h7-17,19-20,25,27,29,37H,4-6,18H2,1-3H3,(H,34,39)(H,35,38)/t25-,27?,29?/m0/s1. The molecule has 8 heteroatoms. The lowest BCUT2D eigenvalue weighted by molar-refractivity contribution is -0.125. The molecule has 0 spiro atoms. The van der Waals surface area contributed by atoms with Crippen molar-refractivity contribution in [1.29, 1.82) is 0 Å². The predicted molar refractivity (Wildman–Crippen MR) is 158 cm³/mol. The van der Waals surface area contributed by atoms with Crippen LogP contribution in [-0.2, 0) is 4.79 Å². The first-order chi connectivity index (χ1) is 19.3. The third-order valence-corrected chi connectivity index (χ3v) is 7.60. The Morgan fingerprint density at radius 1 is 0.900 bits per heavy atom. The van der Waals surface area contributed by atoms with Gasteiger partial charge in [0.15, 0.2) is 11.7 Å². The van der Waals surface area contributed by atoms with Gasteiger partial charge in [-0.25, -0.2) is 4.98 Å². The first kappa shape index (κ1) is 29.3. The zero-order valence-corrected chi connectivity index (χ0v) is 23.8. The second kappa shape index (κ2) is 13.6. The molecule has 4 rings (SSSR count). The van der Waals surface area contributed by atoms with Crippen LogP contribution >= 0.6 is 11.6 Å². The summed E-state index contributed by atoms with van der Waals surface area (Å²) in [7, 11) is 0. The Bertz CT molecular complexity index is 1400. The monoisotopic (exact) mass is 561 g/mol. The van der Waals surface area contributed by atoms with E-state index in [2.05, 4.69) is 29.5 Å². The third kappa shape index (κ3) is 7.09. The molecule has 0 bridgehead atoms. The van der Waals surface area contributed by atoms with Crippen LogP contribution < -0.4 is 10.6 Å². The fraction of sp³-hybridized carbons (Fsp3) is 0.344. The van der Waals surface area contributed by atoms with Gasteiger partial charge in [-0.15, -0.1) is 0 Å². The number of nitrogens with zero attached hydrogens (tertiary/aromatic N) is 1. The van der Waals surface area contributed by atoms with Crippen molar-refractivity contribution in [3.63, 3.8) is 0 Å². The zero-order chi connectivity index (χ0) is 28.6. The van der Waals surface area contributed by atoms with Crippen LogP contribution in [0.2, 0.25) is 5.02 Å². The van der Waals surface area contributed by atoms with Gasteiger partial charge in [0.2, 0.25) is 11.8 Å². The molecule has 3 atom stereocenters. The van der Waals surface area contributed by atoms with Crippen molar-refractivity contribution in [1.82, 2.24) is 15.6 Å². The van der Waals surface area contributed by atoms with Crippen molar-refractivity contribution in [2.45, 2.75) is 64.6 Å². The Kier molecular flexibility index (Phi) is 9.96. The lowest BCUT2D eigenvalue weighted by Crippen LogP contribution is -2.51. The summed E-state index contributed by atoms with van der Waals surface area (Å²) in [6.07, 6.45) is 1.56. The molecule has 2 amide bonds. The van der Waals surface area contributed by atoms with Crippen molar-refractivity contribution in [3.05, 3.63) is 89.3 Å². The van der Waals surface area contributed by atoms with E-state index in [4.69, 9.17) is 16.0 Å². The molecule has 1 heterocycles. The van der Waals surface area contributed by atoms with Gasteiger partial charge < -0.3 is 20.2 Å². The van der Waals surface area contributed by atoms with E-state index in [1.165, 1.54) is 0 Å². The van der Waals surface area contributed by atoms with E-state index in [0.29, 0.717) is 34.5 Å². The first-order valence-corrected chi connectivity index (χ1v) is 14.2. The van der Waals surface area contributed by atoms with Gasteiger partial charge >= 0.3 is 0 Å². The first-order valence-electron chi connectivity index (χ1n) is 13.8. The highest BCUT2D eigenvalue weighted by Crippen LogP contribution is 2.25. The van der Waals surface area contributed by atoms with E-state index >= 15 is 0 Å². The van der Waals surface area contributed by atoms with Crippen molar-refractivity contribution in [3.8, 4) is 11.1 Å². The van der Waals surface area contributed by atoms with Crippen LogP contribution in [-0.4, -0.2) is 34.0 Å². The fourth-order valence-electron chi connectivity index (χ4n) is 4.79. The Balaban J connectivity index is 1.49. The molecule has 0 aliphatic carbocycles. The number of oxazole rings is 1.